The molecule has 0 unspecified atom stereocenters. The summed E-state index contributed by atoms with van der Waals surface area (Å²) in [5, 5.41) is 2.42. The Labute approximate surface area is 93.4 Å². The molecule has 0 saturated heterocycles. The number of benzene rings is 2. The first-order valence-electron chi connectivity index (χ1n) is 4.54. The van der Waals surface area contributed by atoms with Gasteiger partial charge >= 0.3 is 5.24 Å². The van der Waals surface area contributed by atoms with Crippen LogP contribution in [0.1, 0.15) is 0 Å². The number of methoxy groups -OCH3 is 1. The average molecular weight is 218 g/mol. The SMILES string of the molecule is COC(=S)Oc1ccc2ccccc2c1. The highest BCUT2D eigenvalue weighted by Gasteiger charge is 2.00. The molecule has 3 heteroatoms. The Kier molecular flexibility index (Phi) is 2.83. The number of rotatable bonds is 1. The van der Waals surface area contributed by atoms with Crippen molar-refractivity contribution >= 4 is 28.2 Å². The molecule has 0 aliphatic rings. The maximum absolute atomic E-state index is 5.28. The van der Waals surface area contributed by atoms with E-state index in [1.165, 1.54) is 12.5 Å². The summed E-state index contributed by atoms with van der Waals surface area (Å²) in [6.07, 6.45) is 0. The third kappa shape index (κ3) is 2.25. The molecular weight excluding hydrogens is 208 g/mol. The fourth-order valence-corrected chi connectivity index (χ4v) is 1.47. The zero-order valence-corrected chi connectivity index (χ0v) is 9.08. The summed E-state index contributed by atoms with van der Waals surface area (Å²) in [5.41, 5.74) is 0. The van der Waals surface area contributed by atoms with Gasteiger partial charge < -0.3 is 9.47 Å². The monoisotopic (exact) mass is 218 g/mol. The Balaban J connectivity index is 2.34. The normalized spacial score (nSPS) is 9.93. The van der Waals surface area contributed by atoms with Crippen LogP contribution < -0.4 is 4.74 Å². The second-order valence-corrected chi connectivity index (χ2v) is 3.40. The van der Waals surface area contributed by atoms with E-state index >= 15 is 0 Å². The third-order valence-electron chi connectivity index (χ3n) is 2.09. The van der Waals surface area contributed by atoms with E-state index in [1.807, 2.05) is 42.5 Å². The lowest BCUT2D eigenvalue weighted by Gasteiger charge is -2.05. The van der Waals surface area contributed by atoms with Crippen molar-refractivity contribution in [1.82, 2.24) is 0 Å². The van der Waals surface area contributed by atoms with Crippen molar-refractivity contribution in [3.05, 3.63) is 42.5 Å². The van der Waals surface area contributed by atoms with Gasteiger partial charge in [0.2, 0.25) is 0 Å². The Bertz CT molecular complexity index is 494. The van der Waals surface area contributed by atoms with Gasteiger partial charge in [-0.25, -0.2) is 0 Å². The van der Waals surface area contributed by atoms with Gasteiger partial charge in [-0.15, -0.1) is 0 Å². The Morgan fingerprint density at radius 2 is 1.80 bits per heavy atom. The quantitative estimate of drug-likeness (QED) is 0.685. The van der Waals surface area contributed by atoms with Gasteiger partial charge in [-0.3, -0.25) is 0 Å². The molecule has 2 rings (SSSR count). The van der Waals surface area contributed by atoms with E-state index in [4.69, 9.17) is 21.7 Å². The largest absolute Gasteiger partial charge is 0.460 e. The van der Waals surface area contributed by atoms with E-state index in [2.05, 4.69) is 0 Å². The molecule has 2 aromatic carbocycles. The Morgan fingerprint density at radius 3 is 2.53 bits per heavy atom. The van der Waals surface area contributed by atoms with Crippen molar-refractivity contribution in [2.75, 3.05) is 7.11 Å². The smallest absolute Gasteiger partial charge is 0.357 e. The fourth-order valence-electron chi connectivity index (χ4n) is 1.37. The second-order valence-electron chi connectivity index (χ2n) is 3.07. The van der Waals surface area contributed by atoms with Crippen LogP contribution in [0.3, 0.4) is 0 Å². The van der Waals surface area contributed by atoms with Gasteiger partial charge in [-0.1, -0.05) is 30.3 Å². The molecule has 0 radical (unpaired) electrons. The molecule has 0 aliphatic carbocycles. The molecule has 0 heterocycles. The molecule has 0 spiro atoms. The van der Waals surface area contributed by atoms with Crippen molar-refractivity contribution in [3.63, 3.8) is 0 Å². The van der Waals surface area contributed by atoms with Crippen molar-refractivity contribution in [3.8, 4) is 5.75 Å². The van der Waals surface area contributed by atoms with Gasteiger partial charge in [0.05, 0.1) is 7.11 Å². The summed E-state index contributed by atoms with van der Waals surface area (Å²) >= 11 is 4.82. The van der Waals surface area contributed by atoms with Crippen molar-refractivity contribution in [2.24, 2.45) is 0 Å². The molecule has 2 nitrogen and oxygen atoms in total. The van der Waals surface area contributed by atoms with Crippen molar-refractivity contribution in [1.29, 1.82) is 0 Å². The van der Waals surface area contributed by atoms with Crippen LogP contribution in [0.5, 0.6) is 5.75 Å². The topological polar surface area (TPSA) is 18.5 Å². The minimum absolute atomic E-state index is 0.130. The Morgan fingerprint density at radius 1 is 1.07 bits per heavy atom. The number of fused-ring (bicyclic) bond motifs is 1. The van der Waals surface area contributed by atoms with Crippen LogP contribution in [0, 0.1) is 0 Å². The van der Waals surface area contributed by atoms with Gasteiger partial charge in [-0.05, 0) is 22.9 Å². The molecule has 0 fully saturated rings. The summed E-state index contributed by atoms with van der Waals surface area (Å²) in [5.74, 6) is 0.695. The van der Waals surface area contributed by atoms with Crippen LogP contribution in [0.25, 0.3) is 10.8 Å². The lowest BCUT2D eigenvalue weighted by molar-refractivity contribution is 0.315. The zero-order valence-electron chi connectivity index (χ0n) is 8.27. The predicted octanol–water partition coefficient (Wildman–Crippen LogP) is 3.15. The summed E-state index contributed by atoms with van der Waals surface area (Å²) in [6.45, 7) is 0. The minimum Gasteiger partial charge on any atom is -0.460 e. The number of thiocarbonyl (C=S) groups is 1. The number of ether oxygens (including phenoxy) is 2. The number of hydrogen-bond acceptors (Lipinski definition) is 3. The lowest BCUT2D eigenvalue weighted by atomic mass is 10.1. The van der Waals surface area contributed by atoms with Crippen LogP contribution >= 0.6 is 12.2 Å². The van der Waals surface area contributed by atoms with E-state index in [-0.39, 0.29) is 5.24 Å². The maximum atomic E-state index is 5.28. The van der Waals surface area contributed by atoms with E-state index in [1.54, 1.807) is 0 Å². The first-order chi connectivity index (χ1) is 7.29. The Hall–Kier alpha value is -1.61. The molecule has 2 aromatic rings. The summed E-state index contributed by atoms with van der Waals surface area (Å²) in [6, 6.07) is 13.9. The highest BCUT2D eigenvalue weighted by Crippen LogP contribution is 2.20. The van der Waals surface area contributed by atoms with Gasteiger partial charge in [0.15, 0.2) is 0 Å². The molecule has 15 heavy (non-hydrogen) atoms. The van der Waals surface area contributed by atoms with Crippen LogP contribution in [0.15, 0.2) is 42.5 Å². The highest BCUT2D eigenvalue weighted by molar-refractivity contribution is 7.79. The molecule has 0 N–H and O–H groups in total. The number of hydrogen-bond donors (Lipinski definition) is 0. The minimum atomic E-state index is 0.130. The van der Waals surface area contributed by atoms with E-state index in [0.717, 1.165) is 5.39 Å². The van der Waals surface area contributed by atoms with Gasteiger partial charge in [-0.2, -0.15) is 0 Å². The van der Waals surface area contributed by atoms with Crippen LogP contribution in [-0.2, 0) is 4.74 Å². The zero-order chi connectivity index (χ0) is 10.7. The van der Waals surface area contributed by atoms with Crippen molar-refractivity contribution < 1.29 is 9.47 Å². The molecule has 0 saturated carbocycles. The van der Waals surface area contributed by atoms with E-state index < -0.39 is 0 Å². The van der Waals surface area contributed by atoms with E-state index in [9.17, 15) is 0 Å². The highest BCUT2D eigenvalue weighted by atomic mass is 32.1. The van der Waals surface area contributed by atoms with Crippen LogP contribution in [-0.4, -0.2) is 12.3 Å². The second kappa shape index (κ2) is 4.28. The molecule has 76 valence electrons. The summed E-state index contributed by atoms with van der Waals surface area (Å²) in [4.78, 5) is 0. The van der Waals surface area contributed by atoms with Crippen LogP contribution in [0.4, 0.5) is 0 Å². The molecule has 0 amide bonds. The first-order valence-corrected chi connectivity index (χ1v) is 4.95. The first kappa shape index (κ1) is 9.93. The third-order valence-corrected chi connectivity index (χ3v) is 2.34. The lowest BCUT2D eigenvalue weighted by Crippen LogP contribution is -2.06. The van der Waals surface area contributed by atoms with Gasteiger partial charge in [0, 0.05) is 12.2 Å². The van der Waals surface area contributed by atoms with E-state index in [0.29, 0.717) is 5.75 Å². The van der Waals surface area contributed by atoms with Gasteiger partial charge in [0.1, 0.15) is 5.75 Å². The maximum Gasteiger partial charge on any atom is 0.357 e. The molecular formula is C12H10O2S. The standard InChI is InChI=1S/C12H10O2S/c1-13-12(15)14-11-7-6-9-4-2-3-5-10(9)8-11/h2-8H,1H3. The molecule has 0 bridgehead atoms. The fraction of sp³-hybridized carbons (Fsp3) is 0.0833. The van der Waals surface area contributed by atoms with Crippen LogP contribution in [0.2, 0.25) is 0 Å². The average Bonchev–Trinajstić information content (AvgIpc) is 2.29. The molecule has 0 aromatic heterocycles. The molecule has 0 aliphatic heterocycles. The molecule has 0 atom stereocenters. The van der Waals surface area contributed by atoms with Gasteiger partial charge in [0.25, 0.3) is 0 Å². The predicted molar refractivity (Wildman–Crippen MR) is 64.2 cm³/mol. The summed E-state index contributed by atoms with van der Waals surface area (Å²) in [7, 11) is 1.49. The van der Waals surface area contributed by atoms with Crippen molar-refractivity contribution in [2.45, 2.75) is 0 Å². The summed E-state index contributed by atoms with van der Waals surface area (Å²) < 4.78 is 10.1.